The third-order valence-corrected chi connectivity index (χ3v) is 3.14. The van der Waals surface area contributed by atoms with Gasteiger partial charge in [-0.2, -0.15) is 0 Å². The minimum Gasteiger partial charge on any atom is -0.474 e. The molecule has 0 radical (unpaired) electrons. The number of para-hydroxylation sites is 1. The van der Waals surface area contributed by atoms with E-state index in [9.17, 15) is 4.79 Å². The van der Waals surface area contributed by atoms with E-state index < -0.39 is 6.09 Å². The molecule has 0 heterocycles. The number of nitrogens with one attached hydrogen (secondary N) is 1. The fraction of sp³-hybridized carbons (Fsp3) is 0.222. The molecule has 0 aliphatic carbocycles. The lowest BCUT2D eigenvalue weighted by molar-refractivity contribution is 0.117. The minimum atomic E-state index is -0.529. The predicted molar refractivity (Wildman–Crippen MR) is 91.6 cm³/mol. The van der Waals surface area contributed by atoms with Gasteiger partial charge in [0.15, 0.2) is 0 Å². The second-order valence-electron chi connectivity index (χ2n) is 4.93. The molecule has 24 heavy (non-hydrogen) atoms. The van der Waals surface area contributed by atoms with Gasteiger partial charge >= 0.3 is 6.09 Å². The van der Waals surface area contributed by atoms with E-state index in [1.54, 1.807) is 13.0 Å². The summed E-state index contributed by atoms with van der Waals surface area (Å²) in [6.45, 7) is 2.34. The summed E-state index contributed by atoms with van der Waals surface area (Å²) in [7, 11) is 1.31. The summed E-state index contributed by atoms with van der Waals surface area (Å²) in [5.41, 5.74) is 2.46. The van der Waals surface area contributed by atoms with E-state index in [-0.39, 0.29) is 6.61 Å². The Balaban J connectivity index is 1.86. The Morgan fingerprint density at radius 1 is 1.04 bits per heavy atom. The lowest BCUT2D eigenvalue weighted by Crippen LogP contribution is -2.13. The Morgan fingerprint density at radius 3 is 2.50 bits per heavy atom. The van der Waals surface area contributed by atoms with Crippen LogP contribution in [0.2, 0.25) is 0 Å². The van der Waals surface area contributed by atoms with Crippen LogP contribution in [0.4, 0.5) is 10.5 Å². The summed E-state index contributed by atoms with van der Waals surface area (Å²) in [5, 5.41) is 6.56. The second kappa shape index (κ2) is 9.19. The van der Waals surface area contributed by atoms with Crippen LogP contribution in [0.15, 0.2) is 59.8 Å². The van der Waals surface area contributed by atoms with E-state index in [0.717, 1.165) is 11.1 Å². The van der Waals surface area contributed by atoms with Crippen molar-refractivity contribution in [1.82, 2.24) is 0 Å². The topological polar surface area (TPSA) is 69.2 Å². The quantitative estimate of drug-likeness (QED) is 0.495. The van der Waals surface area contributed by atoms with Crippen molar-refractivity contribution in [2.24, 2.45) is 5.16 Å². The summed E-state index contributed by atoms with van der Waals surface area (Å²) in [6, 6.07) is 17.0. The van der Waals surface area contributed by atoms with Crippen molar-refractivity contribution < 1.29 is 19.1 Å². The number of anilines is 1. The summed E-state index contributed by atoms with van der Waals surface area (Å²) in [5.74, 6) is 0.402. The highest BCUT2D eigenvalue weighted by Crippen LogP contribution is 2.16. The van der Waals surface area contributed by atoms with E-state index in [2.05, 4.69) is 15.2 Å². The van der Waals surface area contributed by atoms with Gasteiger partial charge in [-0.05, 0) is 11.6 Å². The van der Waals surface area contributed by atoms with Gasteiger partial charge in [-0.1, -0.05) is 53.7 Å². The Morgan fingerprint density at radius 2 is 1.75 bits per heavy atom. The molecule has 0 aliphatic heterocycles. The maximum absolute atomic E-state index is 11.3. The summed E-state index contributed by atoms with van der Waals surface area (Å²) < 4.78 is 10.2. The molecule has 2 aromatic carbocycles. The molecule has 0 saturated carbocycles. The van der Waals surface area contributed by atoms with Gasteiger partial charge in [0.1, 0.15) is 13.2 Å². The first-order valence-electron chi connectivity index (χ1n) is 7.45. The number of carbonyl (C=O) groups excluding carboxylic acids is 1. The summed E-state index contributed by atoms with van der Waals surface area (Å²) >= 11 is 0. The van der Waals surface area contributed by atoms with E-state index in [4.69, 9.17) is 9.57 Å². The van der Waals surface area contributed by atoms with Gasteiger partial charge < -0.3 is 14.3 Å². The van der Waals surface area contributed by atoms with Crippen LogP contribution >= 0.6 is 0 Å². The first-order valence-corrected chi connectivity index (χ1v) is 7.45. The summed E-state index contributed by atoms with van der Waals surface area (Å²) in [6.07, 6.45) is -0.529. The normalized spacial score (nSPS) is 10.8. The zero-order chi connectivity index (χ0) is 17.2. The Kier molecular flexibility index (Phi) is 6.64. The molecule has 0 fully saturated rings. The standard InChI is InChI=1S/C18H20N2O4/c1-14(20-24-12-15-8-4-3-5-9-15)23-13-16-10-6-7-11-17(16)19-18(21)22-2/h3-11H,12-13H2,1-2H3,(H,19,21)/b20-14+. The van der Waals surface area contributed by atoms with Crippen LogP contribution in [0, 0.1) is 0 Å². The van der Waals surface area contributed by atoms with Gasteiger partial charge in [0, 0.05) is 12.5 Å². The first kappa shape index (κ1) is 17.3. The smallest absolute Gasteiger partial charge is 0.411 e. The molecular formula is C18H20N2O4. The Hall–Kier alpha value is -3.02. The van der Waals surface area contributed by atoms with Crippen LogP contribution in [0.1, 0.15) is 18.1 Å². The van der Waals surface area contributed by atoms with Crippen molar-refractivity contribution in [1.29, 1.82) is 0 Å². The van der Waals surface area contributed by atoms with Crippen LogP contribution in [0.3, 0.4) is 0 Å². The molecule has 0 aliphatic rings. The maximum atomic E-state index is 11.3. The zero-order valence-corrected chi connectivity index (χ0v) is 13.7. The average Bonchev–Trinajstić information content (AvgIpc) is 2.62. The fourth-order valence-electron chi connectivity index (χ4n) is 1.91. The van der Waals surface area contributed by atoms with Crippen molar-refractivity contribution in [3.63, 3.8) is 0 Å². The van der Waals surface area contributed by atoms with E-state index in [0.29, 0.717) is 18.2 Å². The van der Waals surface area contributed by atoms with E-state index >= 15 is 0 Å². The number of methoxy groups -OCH3 is 1. The number of oxime groups is 1. The molecule has 1 N–H and O–H groups in total. The zero-order valence-electron chi connectivity index (χ0n) is 13.7. The number of nitrogens with zero attached hydrogens (tertiary/aromatic N) is 1. The van der Waals surface area contributed by atoms with Crippen LogP contribution in [-0.2, 0) is 27.5 Å². The molecule has 0 unspecified atom stereocenters. The molecule has 0 aromatic heterocycles. The van der Waals surface area contributed by atoms with Crippen molar-refractivity contribution in [3.05, 3.63) is 65.7 Å². The minimum absolute atomic E-state index is 0.254. The molecule has 6 heteroatoms. The largest absolute Gasteiger partial charge is 0.474 e. The van der Waals surface area contributed by atoms with Crippen molar-refractivity contribution in [2.75, 3.05) is 12.4 Å². The van der Waals surface area contributed by atoms with Crippen molar-refractivity contribution in [3.8, 4) is 0 Å². The van der Waals surface area contributed by atoms with Crippen LogP contribution in [-0.4, -0.2) is 19.1 Å². The first-order chi connectivity index (χ1) is 11.7. The molecule has 126 valence electrons. The van der Waals surface area contributed by atoms with Gasteiger partial charge in [-0.25, -0.2) is 4.79 Å². The molecule has 0 spiro atoms. The fourth-order valence-corrected chi connectivity index (χ4v) is 1.91. The highest BCUT2D eigenvalue weighted by molar-refractivity contribution is 5.85. The molecule has 0 bridgehead atoms. The lowest BCUT2D eigenvalue weighted by atomic mass is 10.2. The summed E-state index contributed by atoms with van der Waals surface area (Å²) in [4.78, 5) is 16.6. The van der Waals surface area contributed by atoms with Gasteiger partial charge in [0.2, 0.25) is 5.90 Å². The maximum Gasteiger partial charge on any atom is 0.411 e. The van der Waals surface area contributed by atoms with Crippen LogP contribution < -0.4 is 5.32 Å². The molecule has 2 aromatic rings. The number of ether oxygens (including phenoxy) is 2. The van der Waals surface area contributed by atoms with Crippen molar-refractivity contribution >= 4 is 17.7 Å². The third kappa shape index (κ3) is 5.64. The number of amides is 1. The lowest BCUT2D eigenvalue weighted by Gasteiger charge is -2.11. The highest BCUT2D eigenvalue weighted by atomic mass is 16.6. The molecular weight excluding hydrogens is 308 g/mol. The number of carbonyl (C=O) groups is 1. The van der Waals surface area contributed by atoms with Gasteiger partial charge in [0.05, 0.1) is 12.8 Å². The van der Waals surface area contributed by atoms with Gasteiger partial charge in [-0.3, -0.25) is 5.32 Å². The van der Waals surface area contributed by atoms with E-state index in [1.807, 2.05) is 48.5 Å². The number of hydrogen-bond acceptors (Lipinski definition) is 5. The number of hydrogen-bond donors (Lipinski definition) is 1. The molecule has 1 amide bonds. The Labute approximate surface area is 141 Å². The number of rotatable bonds is 6. The van der Waals surface area contributed by atoms with Crippen LogP contribution in [0.25, 0.3) is 0 Å². The second-order valence-corrected chi connectivity index (χ2v) is 4.93. The monoisotopic (exact) mass is 328 g/mol. The van der Waals surface area contributed by atoms with Crippen molar-refractivity contribution in [2.45, 2.75) is 20.1 Å². The molecule has 6 nitrogen and oxygen atoms in total. The highest BCUT2D eigenvalue weighted by Gasteiger charge is 2.07. The average molecular weight is 328 g/mol. The molecule has 2 rings (SSSR count). The molecule has 0 atom stereocenters. The Bertz CT molecular complexity index is 686. The third-order valence-electron chi connectivity index (χ3n) is 3.14. The van der Waals surface area contributed by atoms with E-state index in [1.165, 1.54) is 7.11 Å². The number of benzene rings is 2. The predicted octanol–water partition coefficient (Wildman–Crippen LogP) is 3.93. The van der Waals surface area contributed by atoms with Crippen LogP contribution in [0.5, 0.6) is 0 Å². The molecule has 0 saturated heterocycles. The van der Waals surface area contributed by atoms with Gasteiger partial charge in [-0.15, -0.1) is 0 Å². The SMILES string of the molecule is COC(=O)Nc1ccccc1CO/C(C)=N/OCc1ccccc1. The van der Waals surface area contributed by atoms with Gasteiger partial charge in [0.25, 0.3) is 0 Å².